The van der Waals surface area contributed by atoms with Gasteiger partial charge in [-0.05, 0) is 41.3 Å². The van der Waals surface area contributed by atoms with Crippen molar-refractivity contribution in [1.29, 1.82) is 0 Å². The molecule has 1 saturated heterocycles. The van der Waals surface area contributed by atoms with Crippen molar-refractivity contribution in [2.45, 2.75) is 39.0 Å². The van der Waals surface area contributed by atoms with Gasteiger partial charge in [0.1, 0.15) is 0 Å². The van der Waals surface area contributed by atoms with E-state index in [0.717, 1.165) is 10.5 Å². The van der Waals surface area contributed by atoms with Gasteiger partial charge in [-0.1, -0.05) is 43.2 Å². The van der Waals surface area contributed by atoms with Crippen LogP contribution in [-0.4, -0.2) is 27.9 Å². The van der Waals surface area contributed by atoms with Gasteiger partial charge in [0.2, 0.25) is 17.7 Å². The molecule has 0 unspecified atom stereocenters. The van der Waals surface area contributed by atoms with Crippen LogP contribution in [0.15, 0.2) is 52.9 Å². The van der Waals surface area contributed by atoms with Crippen molar-refractivity contribution >= 4 is 29.4 Å². The number of benzene rings is 2. The van der Waals surface area contributed by atoms with Crippen LogP contribution in [0.4, 0.5) is 11.7 Å². The van der Waals surface area contributed by atoms with E-state index in [1.54, 1.807) is 12.1 Å². The predicted molar refractivity (Wildman–Crippen MR) is 114 cm³/mol. The maximum absolute atomic E-state index is 12.5. The average Bonchev–Trinajstić information content (AvgIpc) is 3.34. The number of rotatable bonds is 6. The Kier molecular flexibility index (Phi) is 5.62. The monoisotopic (exact) mass is 418 g/mol. The number of carbonyl (C=O) groups excluding carboxylic acids is 3. The van der Waals surface area contributed by atoms with Crippen LogP contribution in [0.3, 0.4) is 0 Å². The fourth-order valence-electron chi connectivity index (χ4n) is 3.37. The molecule has 0 radical (unpaired) electrons. The van der Waals surface area contributed by atoms with Gasteiger partial charge in [0, 0.05) is 18.4 Å². The molecule has 1 aliphatic heterocycles. The van der Waals surface area contributed by atoms with E-state index >= 15 is 0 Å². The summed E-state index contributed by atoms with van der Waals surface area (Å²) in [6.07, 6.45) is 0.888. The molecule has 0 saturated carbocycles. The summed E-state index contributed by atoms with van der Waals surface area (Å²) in [6, 6.07) is 14.4. The summed E-state index contributed by atoms with van der Waals surface area (Å²) in [4.78, 5) is 37.2. The molecule has 0 aliphatic carbocycles. The minimum Gasteiger partial charge on any atom is -0.407 e. The van der Waals surface area contributed by atoms with Gasteiger partial charge < -0.3 is 4.42 Å². The second-order valence-corrected chi connectivity index (χ2v) is 7.70. The van der Waals surface area contributed by atoms with Crippen LogP contribution in [0.5, 0.6) is 0 Å². The van der Waals surface area contributed by atoms with E-state index in [2.05, 4.69) is 41.5 Å². The van der Waals surface area contributed by atoms with Gasteiger partial charge in [-0.3, -0.25) is 24.6 Å². The molecule has 0 spiro atoms. The lowest BCUT2D eigenvalue weighted by atomic mass is 10.0. The van der Waals surface area contributed by atoms with Gasteiger partial charge >= 0.3 is 6.01 Å². The Morgan fingerprint density at radius 2 is 1.65 bits per heavy atom. The molecule has 2 heterocycles. The van der Waals surface area contributed by atoms with Gasteiger partial charge in [0.15, 0.2) is 0 Å². The highest BCUT2D eigenvalue weighted by Crippen LogP contribution is 2.23. The molecule has 1 fully saturated rings. The van der Waals surface area contributed by atoms with Crippen molar-refractivity contribution in [1.82, 2.24) is 10.2 Å². The van der Waals surface area contributed by atoms with E-state index in [0.29, 0.717) is 29.5 Å². The van der Waals surface area contributed by atoms with E-state index < -0.39 is 5.91 Å². The second-order valence-electron chi connectivity index (χ2n) is 7.70. The molecular weight excluding hydrogens is 396 g/mol. The number of hydrogen-bond acceptors (Lipinski definition) is 6. The molecule has 1 aliphatic rings. The van der Waals surface area contributed by atoms with E-state index in [-0.39, 0.29) is 30.7 Å². The molecule has 3 amide bonds. The number of hydrogen-bond donors (Lipinski definition) is 1. The molecule has 0 bridgehead atoms. The normalized spacial score (nSPS) is 13.8. The molecular formula is C23H22N4O4. The number of nitrogens with one attached hydrogen (secondary N) is 1. The largest absolute Gasteiger partial charge is 0.407 e. The maximum atomic E-state index is 12.5. The summed E-state index contributed by atoms with van der Waals surface area (Å²) in [7, 11) is 0. The van der Waals surface area contributed by atoms with Gasteiger partial charge in [-0.15, -0.1) is 5.10 Å². The third-order valence-corrected chi connectivity index (χ3v) is 5.13. The van der Waals surface area contributed by atoms with Gasteiger partial charge in [-0.25, -0.2) is 0 Å². The molecule has 1 aromatic heterocycles. The van der Waals surface area contributed by atoms with E-state index in [1.165, 1.54) is 17.7 Å². The first kappa shape index (κ1) is 20.5. The summed E-state index contributed by atoms with van der Waals surface area (Å²) in [5.74, 6) is -0.0420. The van der Waals surface area contributed by atoms with E-state index in [4.69, 9.17) is 4.42 Å². The average molecular weight is 418 g/mol. The van der Waals surface area contributed by atoms with Crippen molar-refractivity contribution in [2.75, 3.05) is 10.2 Å². The standard InChI is InChI=1S/C23H22N4O4/c1-14(2)16-5-3-15(4-6-16)13-19-25-26-23(31-19)24-22(30)17-7-9-18(10-8-17)27-20(28)11-12-21(27)29/h3-10,14H,11-13H2,1-2H3,(H,24,26,30). The smallest absolute Gasteiger partial charge is 0.322 e. The lowest BCUT2D eigenvalue weighted by Gasteiger charge is -2.13. The molecule has 8 nitrogen and oxygen atoms in total. The summed E-state index contributed by atoms with van der Waals surface area (Å²) >= 11 is 0. The number of anilines is 2. The fourth-order valence-corrected chi connectivity index (χ4v) is 3.37. The lowest BCUT2D eigenvalue weighted by molar-refractivity contribution is -0.121. The first-order valence-corrected chi connectivity index (χ1v) is 10.1. The van der Waals surface area contributed by atoms with Crippen LogP contribution >= 0.6 is 0 Å². The summed E-state index contributed by atoms with van der Waals surface area (Å²) in [5, 5.41) is 10.4. The number of carbonyl (C=O) groups is 3. The SMILES string of the molecule is CC(C)c1ccc(Cc2nnc(NC(=O)c3ccc(N4C(=O)CCC4=O)cc3)o2)cc1. The molecule has 158 valence electrons. The van der Waals surface area contributed by atoms with Crippen molar-refractivity contribution < 1.29 is 18.8 Å². The van der Waals surface area contributed by atoms with Crippen LogP contribution in [0.2, 0.25) is 0 Å². The van der Waals surface area contributed by atoms with Crippen LogP contribution < -0.4 is 10.2 Å². The Bertz CT molecular complexity index is 1100. The zero-order valence-corrected chi connectivity index (χ0v) is 17.3. The Morgan fingerprint density at radius 3 is 2.26 bits per heavy atom. The van der Waals surface area contributed by atoms with Crippen LogP contribution in [0, 0.1) is 0 Å². The van der Waals surface area contributed by atoms with Crippen molar-refractivity contribution in [2.24, 2.45) is 0 Å². The van der Waals surface area contributed by atoms with Gasteiger partial charge in [0.05, 0.1) is 12.1 Å². The van der Waals surface area contributed by atoms with Crippen molar-refractivity contribution in [3.05, 3.63) is 71.1 Å². The first-order valence-electron chi connectivity index (χ1n) is 10.1. The molecule has 8 heteroatoms. The number of imide groups is 1. The zero-order chi connectivity index (χ0) is 22.0. The molecule has 2 aromatic carbocycles. The lowest BCUT2D eigenvalue weighted by Crippen LogP contribution is -2.28. The second kappa shape index (κ2) is 8.51. The van der Waals surface area contributed by atoms with Crippen LogP contribution in [0.25, 0.3) is 0 Å². The third-order valence-electron chi connectivity index (χ3n) is 5.13. The zero-order valence-electron chi connectivity index (χ0n) is 17.3. The minimum atomic E-state index is -0.429. The van der Waals surface area contributed by atoms with Gasteiger partial charge in [-0.2, -0.15) is 0 Å². The third kappa shape index (κ3) is 4.53. The molecule has 0 atom stereocenters. The number of aromatic nitrogens is 2. The molecule has 31 heavy (non-hydrogen) atoms. The van der Waals surface area contributed by atoms with Crippen molar-refractivity contribution in [3.63, 3.8) is 0 Å². The van der Waals surface area contributed by atoms with Gasteiger partial charge in [0.25, 0.3) is 5.91 Å². The quantitative estimate of drug-likeness (QED) is 0.612. The highest BCUT2D eigenvalue weighted by atomic mass is 16.4. The Morgan fingerprint density at radius 1 is 1.00 bits per heavy atom. The van der Waals surface area contributed by atoms with E-state index in [9.17, 15) is 14.4 Å². The van der Waals surface area contributed by atoms with Crippen LogP contribution in [-0.2, 0) is 16.0 Å². The van der Waals surface area contributed by atoms with Crippen molar-refractivity contribution in [3.8, 4) is 0 Å². The highest BCUT2D eigenvalue weighted by molar-refractivity contribution is 6.20. The topological polar surface area (TPSA) is 105 Å². The minimum absolute atomic E-state index is 0.00720. The predicted octanol–water partition coefficient (Wildman–Crippen LogP) is 3.69. The first-order chi connectivity index (χ1) is 14.9. The van der Waals surface area contributed by atoms with Crippen LogP contribution in [0.1, 0.15) is 60.0 Å². The Hall–Kier alpha value is -3.81. The summed E-state index contributed by atoms with van der Waals surface area (Å²) in [5.41, 5.74) is 3.08. The molecule has 1 N–H and O–H groups in total. The Labute approximate surface area is 179 Å². The fraction of sp³-hybridized carbons (Fsp3) is 0.261. The summed E-state index contributed by atoms with van der Waals surface area (Å²) < 4.78 is 5.54. The Balaban J connectivity index is 1.38. The summed E-state index contributed by atoms with van der Waals surface area (Å²) in [6.45, 7) is 4.28. The number of amides is 3. The maximum Gasteiger partial charge on any atom is 0.322 e. The van der Waals surface area contributed by atoms with E-state index in [1.807, 2.05) is 12.1 Å². The molecule has 3 aromatic rings. The molecule has 4 rings (SSSR count). The number of nitrogens with zero attached hydrogens (tertiary/aromatic N) is 3. The highest BCUT2D eigenvalue weighted by Gasteiger charge is 2.30.